The second-order valence-electron chi connectivity index (χ2n) is 8.25. The van der Waals surface area contributed by atoms with E-state index in [1.54, 1.807) is 36.1 Å². The first-order valence-corrected chi connectivity index (χ1v) is 11.5. The number of carbonyl (C=O) groups is 2. The molecule has 4 rings (SSSR count). The highest BCUT2D eigenvalue weighted by molar-refractivity contribution is 6.34. The molecule has 0 fully saturated rings. The number of Topliss-reactive ketones (excluding diaryl/α,β-unsaturated/α-hetero) is 1. The summed E-state index contributed by atoms with van der Waals surface area (Å²) in [5, 5.41) is 0.454. The molecule has 6 nitrogen and oxygen atoms in total. The van der Waals surface area contributed by atoms with Crippen molar-refractivity contribution in [2.45, 2.75) is 44.1 Å². The monoisotopic (exact) mass is 463 g/mol. The summed E-state index contributed by atoms with van der Waals surface area (Å²) < 4.78 is 8.12. The molecule has 0 N–H and O–H groups in total. The number of aliphatic imine (C=N–C) groups is 1. The zero-order valence-electron chi connectivity index (χ0n) is 18.7. The molecule has 2 atom stereocenters. The van der Waals surface area contributed by atoms with Gasteiger partial charge in [-0.05, 0) is 30.5 Å². The molecular weight excluding hydrogens is 438 g/mol. The predicted octanol–water partition coefficient (Wildman–Crippen LogP) is 5.36. The van der Waals surface area contributed by atoms with Gasteiger partial charge >= 0.3 is 0 Å². The fourth-order valence-corrected chi connectivity index (χ4v) is 4.53. The van der Waals surface area contributed by atoms with Crippen LogP contribution in [0.25, 0.3) is 0 Å². The number of ether oxygens (including phenoxy) is 1. The Morgan fingerprint density at radius 3 is 2.55 bits per heavy atom. The summed E-state index contributed by atoms with van der Waals surface area (Å²) in [6.45, 7) is 2.06. The van der Waals surface area contributed by atoms with E-state index in [0.29, 0.717) is 22.8 Å². The number of imidazole rings is 1. The van der Waals surface area contributed by atoms with Crippen LogP contribution >= 0.6 is 11.6 Å². The van der Waals surface area contributed by atoms with E-state index >= 15 is 0 Å². The van der Waals surface area contributed by atoms with Gasteiger partial charge in [0.15, 0.2) is 17.2 Å². The lowest BCUT2D eigenvalue weighted by Crippen LogP contribution is -2.45. The molecule has 2 heterocycles. The van der Waals surface area contributed by atoms with Crippen molar-refractivity contribution in [2.24, 2.45) is 12.0 Å². The molecule has 2 aromatic carbocycles. The molecule has 1 aliphatic rings. The van der Waals surface area contributed by atoms with Crippen LogP contribution in [0.15, 0.2) is 72.0 Å². The number of benzene rings is 2. The van der Waals surface area contributed by atoms with Gasteiger partial charge in [-0.15, -0.1) is 0 Å². The number of halogens is 1. The van der Waals surface area contributed by atoms with Crippen molar-refractivity contribution in [3.63, 3.8) is 0 Å². The average Bonchev–Trinajstić information content (AvgIpc) is 3.40. The van der Waals surface area contributed by atoms with Crippen LogP contribution in [0.4, 0.5) is 0 Å². The van der Waals surface area contributed by atoms with Gasteiger partial charge in [-0.25, -0.2) is 4.98 Å². The number of hydrogen-bond donors (Lipinski definition) is 0. The van der Waals surface area contributed by atoms with Crippen molar-refractivity contribution in [3.8, 4) is 0 Å². The first kappa shape index (κ1) is 22.9. The number of nitrogens with zero attached hydrogens (tertiary/aromatic N) is 3. The van der Waals surface area contributed by atoms with Crippen molar-refractivity contribution in [2.75, 3.05) is 0 Å². The first-order valence-electron chi connectivity index (χ1n) is 11.1. The Labute approximate surface area is 198 Å². The van der Waals surface area contributed by atoms with Crippen LogP contribution in [0, 0.1) is 0 Å². The summed E-state index contributed by atoms with van der Waals surface area (Å²) in [4.78, 5) is 35.4. The molecule has 0 unspecified atom stereocenters. The van der Waals surface area contributed by atoms with Gasteiger partial charge in [0.05, 0.1) is 10.6 Å². The summed E-state index contributed by atoms with van der Waals surface area (Å²) in [6, 6.07) is 16.7. The van der Waals surface area contributed by atoms with E-state index in [-0.39, 0.29) is 24.0 Å². The third kappa shape index (κ3) is 4.48. The van der Waals surface area contributed by atoms with Gasteiger partial charge in [0.1, 0.15) is 0 Å². The highest BCUT2D eigenvalue weighted by Gasteiger charge is 2.53. The van der Waals surface area contributed by atoms with E-state index in [9.17, 15) is 9.59 Å². The Kier molecular flexibility index (Phi) is 6.75. The lowest BCUT2D eigenvalue weighted by Gasteiger charge is -2.35. The van der Waals surface area contributed by atoms with Crippen LogP contribution in [0.2, 0.25) is 5.02 Å². The van der Waals surface area contributed by atoms with E-state index in [1.165, 1.54) is 0 Å². The van der Waals surface area contributed by atoms with Gasteiger partial charge in [-0.1, -0.05) is 67.4 Å². The standard InChI is InChI=1S/C26H26ClN3O3/c1-3-4-14-26(25(32)29-24(33-26)19-12-8-9-13-21(19)27)20(18-10-6-5-7-11-18)17-22(31)23-28-15-16-30(23)2/h5-13,15-16,20H,3-4,14,17H2,1-2H3/t20-,26+/m1/s1. The zero-order chi connectivity index (χ0) is 23.4. The van der Waals surface area contributed by atoms with Gasteiger partial charge in [-0.3, -0.25) is 9.59 Å². The maximum Gasteiger partial charge on any atom is 0.293 e. The Morgan fingerprint density at radius 2 is 1.88 bits per heavy atom. The smallest absolute Gasteiger partial charge is 0.293 e. The van der Waals surface area contributed by atoms with Crippen molar-refractivity contribution in [3.05, 3.63) is 89.0 Å². The minimum absolute atomic E-state index is 0.0651. The van der Waals surface area contributed by atoms with Gasteiger partial charge in [0, 0.05) is 31.8 Å². The minimum atomic E-state index is -1.30. The Bertz CT molecular complexity index is 1190. The number of hydrogen-bond acceptors (Lipinski definition) is 4. The summed E-state index contributed by atoms with van der Waals surface area (Å²) in [7, 11) is 1.78. The summed E-state index contributed by atoms with van der Waals surface area (Å²) >= 11 is 6.38. The molecule has 0 spiro atoms. The Morgan fingerprint density at radius 1 is 1.15 bits per heavy atom. The lowest BCUT2D eigenvalue weighted by atomic mass is 9.75. The zero-order valence-corrected chi connectivity index (χ0v) is 19.5. The molecule has 0 aliphatic carbocycles. The first-order chi connectivity index (χ1) is 16.0. The molecule has 1 amide bonds. The van der Waals surface area contributed by atoms with Crippen LogP contribution in [0.1, 0.15) is 60.3 Å². The molecule has 1 aromatic heterocycles. The highest BCUT2D eigenvalue weighted by atomic mass is 35.5. The molecule has 33 heavy (non-hydrogen) atoms. The fourth-order valence-electron chi connectivity index (χ4n) is 4.32. The second kappa shape index (κ2) is 9.71. The molecule has 0 saturated heterocycles. The Hall–Kier alpha value is -3.25. The number of amides is 1. The number of ketones is 1. The fraction of sp³-hybridized carbons (Fsp3) is 0.308. The maximum atomic E-state index is 13.6. The van der Waals surface area contributed by atoms with Crippen LogP contribution in [-0.2, 0) is 16.6 Å². The summed E-state index contributed by atoms with van der Waals surface area (Å²) in [5.41, 5.74) is 0.111. The number of aryl methyl sites for hydroxylation is 1. The summed E-state index contributed by atoms with van der Waals surface area (Å²) in [6.07, 6.45) is 5.44. The SMILES string of the molecule is CCCC[C@@]1([C@H](CC(=O)c2nccn2C)c2ccccc2)OC(c2ccccc2Cl)=NC1=O. The molecule has 3 aromatic rings. The summed E-state index contributed by atoms with van der Waals surface area (Å²) in [5.74, 6) is -0.529. The number of rotatable bonds is 9. The third-order valence-electron chi connectivity index (χ3n) is 6.07. The normalized spacial score (nSPS) is 18.6. The number of carbonyl (C=O) groups excluding carboxylic acids is 2. The van der Waals surface area contributed by atoms with Crippen molar-refractivity contribution < 1.29 is 14.3 Å². The van der Waals surface area contributed by atoms with E-state index in [0.717, 1.165) is 18.4 Å². The van der Waals surface area contributed by atoms with Gasteiger partial charge in [0.2, 0.25) is 5.90 Å². The number of unbranched alkanes of at least 4 members (excludes halogenated alkanes) is 1. The molecule has 0 saturated carbocycles. The molecule has 0 radical (unpaired) electrons. The quantitative estimate of drug-likeness (QED) is 0.400. The van der Waals surface area contributed by atoms with E-state index in [2.05, 4.69) is 16.9 Å². The maximum absolute atomic E-state index is 13.6. The molecule has 0 bridgehead atoms. The predicted molar refractivity (Wildman–Crippen MR) is 128 cm³/mol. The van der Waals surface area contributed by atoms with Crippen molar-refractivity contribution >= 4 is 29.2 Å². The van der Waals surface area contributed by atoms with Crippen LogP contribution < -0.4 is 0 Å². The molecule has 1 aliphatic heterocycles. The molecular formula is C26H26ClN3O3. The van der Waals surface area contributed by atoms with E-state index in [1.807, 2.05) is 42.5 Å². The van der Waals surface area contributed by atoms with E-state index < -0.39 is 11.5 Å². The van der Waals surface area contributed by atoms with Crippen LogP contribution in [-0.4, -0.2) is 32.7 Å². The van der Waals surface area contributed by atoms with Crippen LogP contribution in [0.5, 0.6) is 0 Å². The molecule has 7 heteroatoms. The average molecular weight is 464 g/mol. The largest absolute Gasteiger partial charge is 0.460 e. The Balaban J connectivity index is 1.77. The second-order valence-corrected chi connectivity index (χ2v) is 8.66. The number of aromatic nitrogens is 2. The van der Waals surface area contributed by atoms with Gasteiger partial charge in [-0.2, -0.15) is 4.99 Å². The van der Waals surface area contributed by atoms with Crippen molar-refractivity contribution in [1.29, 1.82) is 0 Å². The van der Waals surface area contributed by atoms with Gasteiger partial charge < -0.3 is 9.30 Å². The van der Waals surface area contributed by atoms with E-state index in [4.69, 9.17) is 16.3 Å². The van der Waals surface area contributed by atoms with Crippen molar-refractivity contribution in [1.82, 2.24) is 9.55 Å². The third-order valence-corrected chi connectivity index (χ3v) is 6.40. The topological polar surface area (TPSA) is 73.6 Å². The minimum Gasteiger partial charge on any atom is -0.460 e. The molecule has 170 valence electrons. The lowest BCUT2D eigenvalue weighted by molar-refractivity contribution is -0.133. The highest BCUT2D eigenvalue weighted by Crippen LogP contribution is 2.44. The van der Waals surface area contributed by atoms with Crippen LogP contribution in [0.3, 0.4) is 0 Å². The van der Waals surface area contributed by atoms with Gasteiger partial charge in [0.25, 0.3) is 5.91 Å².